The number of nitrogens with one attached hydrogen (secondary N) is 2. The molecule has 1 aliphatic carbocycles. The number of hydrogen-bond acceptors (Lipinski definition) is 2. The molecule has 1 aromatic carbocycles. The van der Waals surface area contributed by atoms with E-state index in [4.69, 9.17) is 0 Å². The van der Waals surface area contributed by atoms with Gasteiger partial charge in [-0.15, -0.1) is 0 Å². The van der Waals surface area contributed by atoms with Gasteiger partial charge >= 0.3 is 6.03 Å². The molecule has 0 spiro atoms. The van der Waals surface area contributed by atoms with Crippen molar-refractivity contribution in [2.75, 3.05) is 11.9 Å². The maximum atomic E-state index is 11.9. The molecule has 0 aromatic heterocycles. The van der Waals surface area contributed by atoms with Crippen LogP contribution in [0.4, 0.5) is 10.5 Å². The lowest BCUT2D eigenvalue weighted by molar-refractivity contribution is 0.00755. The van der Waals surface area contributed by atoms with Crippen molar-refractivity contribution in [3.05, 3.63) is 29.3 Å². The van der Waals surface area contributed by atoms with Crippen LogP contribution in [0.2, 0.25) is 0 Å². The van der Waals surface area contributed by atoms with Crippen molar-refractivity contribution in [2.24, 2.45) is 0 Å². The van der Waals surface area contributed by atoms with E-state index < -0.39 is 5.60 Å². The number of hydrogen-bond donors (Lipinski definition) is 3. The lowest BCUT2D eigenvalue weighted by Crippen LogP contribution is -2.45. The Bertz CT molecular complexity index is 459. The van der Waals surface area contributed by atoms with Gasteiger partial charge in [-0.3, -0.25) is 0 Å². The first-order valence-corrected chi connectivity index (χ1v) is 7.32. The van der Waals surface area contributed by atoms with Gasteiger partial charge in [-0.2, -0.15) is 0 Å². The van der Waals surface area contributed by atoms with Gasteiger partial charge in [0.15, 0.2) is 0 Å². The van der Waals surface area contributed by atoms with Crippen LogP contribution in [0, 0.1) is 13.8 Å². The molecule has 110 valence electrons. The van der Waals surface area contributed by atoms with Crippen LogP contribution in [0.1, 0.15) is 43.2 Å². The molecule has 4 nitrogen and oxygen atoms in total. The summed E-state index contributed by atoms with van der Waals surface area (Å²) in [7, 11) is 0. The van der Waals surface area contributed by atoms with E-state index in [1.54, 1.807) is 0 Å². The van der Waals surface area contributed by atoms with Gasteiger partial charge in [0.25, 0.3) is 0 Å². The quantitative estimate of drug-likeness (QED) is 0.794. The Hall–Kier alpha value is -1.55. The normalized spacial score (nSPS) is 17.6. The van der Waals surface area contributed by atoms with Crippen molar-refractivity contribution < 1.29 is 9.90 Å². The fourth-order valence-corrected chi connectivity index (χ4v) is 2.85. The maximum absolute atomic E-state index is 11.9. The highest BCUT2D eigenvalue weighted by Gasteiger charge is 2.29. The molecule has 0 aliphatic heterocycles. The number of rotatable bonds is 3. The second kappa shape index (κ2) is 6.27. The minimum absolute atomic E-state index is 0.256. The third-order valence-corrected chi connectivity index (χ3v) is 3.84. The Morgan fingerprint density at radius 1 is 1.15 bits per heavy atom. The minimum Gasteiger partial charge on any atom is -0.388 e. The summed E-state index contributed by atoms with van der Waals surface area (Å²) in [4.78, 5) is 11.9. The fourth-order valence-electron chi connectivity index (χ4n) is 2.85. The average Bonchev–Trinajstić information content (AvgIpc) is 2.36. The van der Waals surface area contributed by atoms with E-state index in [1.807, 2.05) is 26.0 Å². The second-order valence-electron chi connectivity index (χ2n) is 5.97. The SMILES string of the molecule is Cc1cc(C)cc(NC(=O)NCC2(O)CCCCC2)c1. The summed E-state index contributed by atoms with van der Waals surface area (Å²) in [5.41, 5.74) is 2.30. The lowest BCUT2D eigenvalue weighted by Gasteiger charge is -2.32. The number of aliphatic hydroxyl groups is 1. The molecule has 0 heterocycles. The van der Waals surface area contributed by atoms with Crippen LogP contribution in [0.15, 0.2) is 18.2 Å². The number of benzene rings is 1. The average molecular weight is 276 g/mol. The molecular formula is C16H24N2O2. The van der Waals surface area contributed by atoms with Gasteiger partial charge in [0.2, 0.25) is 0 Å². The van der Waals surface area contributed by atoms with Crippen molar-refractivity contribution in [1.29, 1.82) is 0 Å². The summed E-state index contributed by atoms with van der Waals surface area (Å²) < 4.78 is 0. The molecule has 0 radical (unpaired) electrons. The standard InChI is InChI=1S/C16H24N2O2/c1-12-8-13(2)10-14(9-12)18-15(19)17-11-16(20)6-4-3-5-7-16/h8-10,20H,3-7,11H2,1-2H3,(H2,17,18,19). The Morgan fingerprint density at radius 3 is 2.35 bits per heavy atom. The Balaban J connectivity index is 1.86. The highest BCUT2D eigenvalue weighted by atomic mass is 16.3. The zero-order chi connectivity index (χ0) is 14.6. The van der Waals surface area contributed by atoms with Gasteiger partial charge in [-0.05, 0) is 49.9 Å². The molecule has 1 saturated carbocycles. The highest BCUT2D eigenvalue weighted by molar-refractivity contribution is 5.89. The largest absolute Gasteiger partial charge is 0.388 e. The van der Waals surface area contributed by atoms with Gasteiger partial charge < -0.3 is 15.7 Å². The molecule has 1 fully saturated rings. The molecule has 0 atom stereocenters. The third kappa shape index (κ3) is 4.23. The van der Waals surface area contributed by atoms with Crippen molar-refractivity contribution in [2.45, 2.75) is 51.6 Å². The van der Waals surface area contributed by atoms with E-state index >= 15 is 0 Å². The Morgan fingerprint density at radius 2 is 1.75 bits per heavy atom. The van der Waals surface area contributed by atoms with Crippen LogP contribution >= 0.6 is 0 Å². The zero-order valence-corrected chi connectivity index (χ0v) is 12.3. The summed E-state index contributed by atoms with van der Waals surface area (Å²) in [6, 6.07) is 5.67. The molecule has 0 bridgehead atoms. The van der Waals surface area contributed by atoms with Gasteiger partial charge in [0.1, 0.15) is 0 Å². The van der Waals surface area contributed by atoms with Gasteiger partial charge in [-0.1, -0.05) is 25.3 Å². The summed E-state index contributed by atoms with van der Waals surface area (Å²) in [6.45, 7) is 4.32. The lowest BCUT2D eigenvalue weighted by atomic mass is 9.85. The van der Waals surface area contributed by atoms with Crippen molar-refractivity contribution in [3.63, 3.8) is 0 Å². The predicted molar refractivity (Wildman–Crippen MR) is 81.0 cm³/mol. The van der Waals surface area contributed by atoms with Gasteiger partial charge in [0, 0.05) is 12.2 Å². The number of anilines is 1. The summed E-state index contributed by atoms with van der Waals surface area (Å²) in [6.07, 6.45) is 4.80. The number of amides is 2. The number of aryl methyl sites for hydroxylation is 2. The smallest absolute Gasteiger partial charge is 0.319 e. The number of carbonyl (C=O) groups is 1. The molecule has 4 heteroatoms. The fraction of sp³-hybridized carbons (Fsp3) is 0.562. The van der Waals surface area contributed by atoms with Crippen LogP contribution in [0.5, 0.6) is 0 Å². The van der Waals surface area contributed by atoms with Crippen LogP contribution in [-0.2, 0) is 0 Å². The van der Waals surface area contributed by atoms with E-state index in [9.17, 15) is 9.90 Å². The van der Waals surface area contributed by atoms with E-state index in [2.05, 4.69) is 16.7 Å². The van der Waals surface area contributed by atoms with E-state index in [-0.39, 0.29) is 6.03 Å². The zero-order valence-electron chi connectivity index (χ0n) is 12.3. The highest BCUT2D eigenvalue weighted by Crippen LogP contribution is 2.27. The number of carbonyl (C=O) groups excluding carboxylic acids is 1. The van der Waals surface area contributed by atoms with E-state index in [1.165, 1.54) is 6.42 Å². The Labute approximate surface area is 120 Å². The number of urea groups is 1. The molecule has 2 amide bonds. The minimum atomic E-state index is -0.724. The molecule has 1 aliphatic rings. The molecule has 3 N–H and O–H groups in total. The van der Waals surface area contributed by atoms with E-state index in [0.717, 1.165) is 42.5 Å². The molecule has 2 rings (SSSR count). The molecular weight excluding hydrogens is 252 g/mol. The monoisotopic (exact) mass is 276 g/mol. The molecule has 0 saturated heterocycles. The summed E-state index contributed by atoms with van der Waals surface area (Å²) >= 11 is 0. The predicted octanol–water partition coefficient (Wildman–Crippen LogP) is 3.12. The molecule has 0 unspecified atom stereocenters. The molecule has 20 heavy (non-hydrogen) atoms. The topological polar surface area (TPSA) is 61.4 Å². The summed E-state index contributed by atoms with van der Waals surface area (Å²) in [5, 5.41) is 15.9. The second-order valence-corrected chi connectivity index (χ2v) is 5.97. The van der Waals surface area contributed by atoms with Crippen molar-refractivity contribution in [3.8, 4) is 0 Å². The Kier molecular flexibility index (Phi) is 4.65. The van der Waals surface area contributed by atoms with Crippen molar-refractivity contribution >= 4 is 11.7 Å². The van der Waals surface area contributed by atoms with E-state index in [0.29, 0.717) is 6.54 Å². The van der Waals surface area contributed by atoms with Crippen LogP contribution in [0.25, 0.3) is 0 Å². The van der Waals surface area contributed by atoms with Crippen LogP contribution in [0.3, 0.4) is 0 Å². The van der Waals surface area contributed by atoms with Crippen molar-refractivity contribution in [1.82, 2.24) is 5.32 Å². The van der Waals surface area contributed by atoms with Crippen LogP contribution in [-0.4, -0.2) is 23.3 Å². The first kappa shape index (κ1) is 14.9. The molecule has 1 aromatic rings. The van der Waals surface area contributed by atoms with Gasteiger partial charge in [0.05, 0.1) is 5.60 Å². The first-order chi connectivity index (χ1) is 9.47. The van der Waals surface area contributed by atoms with Crippen LogP contribution < -0.4 is 10.6 Å². The maximum Gasteiger partial charge on any atom is 0.319 e. The first-order valence-electron chi connectivity index (χ1n) is 7.32. The summed E-state index contributed by atoms with van der Waals surface area (Å²) in [5.74, 6) is 0. The third-order valence-electron chi connectivity index (χ3n) is 3.84. The van der Waals surface area contributed by atoms with Gasteiger partial charge in [-0.25, -0.2) is 4.79 Å².